The first-order valence-electron chi connectivity index (χ1n) is 5.55. The van der Waals surface area contributed by atoms with Crippen LogP contribution in [-0.4, -0.2) is 5.97 Å². The van der Waals surface area contributed by atoms with Crippen LogP contribution in [-0.2, 0) is 4.79 Å². The Hall–Kier alpha value is -1.58. The molecule has 2 nitrogen and oxygen atoms in total. The van der Waals surface area contributed by atoms with Crippen LogP contribution in [0.3, 0.4) is 0 Å². The Morgan fingerprint density at radius 3 is 2.47 bits per heavy atom. The van der Waals surface area contributed by atoms with Gasteiger partial charge in [0, 0.05) is 11.1 Å². The highest BCUT2D eigenvalue weighted by atomic mass is 79.9. The predicted molar refractivity (Wildman–Crippen MR) is 80.3 cm³/mol. The van der Waals surface area contributed by atoms with Crippen molar-refractivity contribution in [3.8, 4) is 5.75 Å². The van der Waals surface area contributed by atoms with E-state index in [1.54, 1.807) is 30.3 Å². The largest absolute Gasteiger partial charge is 0.422 e. The number of halogens is 2. The molecule has 0 aliphatic rings. The summed E-state index contributed by atoms with van der Waals surface area (Å²) in [6.07, 6.45) is 3.05. The van der Waals surface area contributed by atoms with Gasteiger partial charge in [0.2, 0.25) is 0 Å². The molecule has 19 heavy (non-hydrogen) atoms. The first-order chi connectivity index (χ1) is 9.15. The molecule has 0 aromatic heterocycles. The van der Waals surface area contributed by atoms with Crippen molar-refractivity contribution in [2.75, 3.05) is 0 Å². The number of benzene rings is 2. The van der Waals surface area contributed by atoms with Gasteiger partial charge in [0.05, 0.1) is 4.47 Å². The second kappa shape index (κ2) is 6.55. The van der Waals surface area contributed by atoms with Gasteiger partial charge in [-0.05, 0) is 51.8 Å². The molecule has 0 aliphatic carbocycles. The van der Waals surface area contributed by atoms with Crippen molar-refractivity contribution in [1.82, 2.24) is 0 Å². The monoisotopic (exact) mass is 336 g/mol. The van der Waals surface area contributed by atoms with Gasteiger partial charge < -0.3 is 4.74 Å². The van der Waals surface area contributed by atoms with Crippen molar-refractivity contribution in [2.24, 2.45) is 0 Å². The van der Waals surface area contributed by atoms with Gasteiger partial charge in [-0.3, -0.25) is 0 Å². The second-order valence-electron chi connectivity index (χ2n) is 3.74. The summed E-state index contributed by atoms with van der Waals surface area (Å²) in [4.78, 5) is 11.6. The highest BCUT2D eigenvalue weighted by molar-refractivity contribution is 9.10. The van der Waals surface area contributed by atoms with E-state index in [9.17, 15) is 4.79 Å². The number of rotatable bonds is 3. The van der Waals surface area contributed by atoms with Crippen molar-refractivity contribution in [3.05, 3.63) is 69.7 Å². The molecular formula is C15H10BrClO2. The van der Waals surface area contributed by atoms with E-state index < -0.39 is 5.97 Å². The van der Waals surface area contributed by atoms with E-state index in [4.69, 9.17) is 16.3 Å². The Kier molecular flexibility index (Phi) is 4.77. The average Bonchev–Trinajstić information content (AvgIpc) is 2.41. The zero-order valence-electron chi connectivity index (χ0n) is 9.85. The molecule has 0 spiro atoms. The standard InChI is InChI=1S/C15H10BrClO2/c16-13-3-1-2-4-14(13)19-15(18)10-7-11-5-8-12(17)9-6-11/h1-10H/b10-7+. The Morgan fingerprint density at radius 2 is 1.79 bits per heavy atom. The zero-order chi connectivity index (χ0) is 13.7. The van der Waals surface area contributed by atoms with E-state index >= 15 is 0 Å². The van der Waals surface area contributed by atoms with E-state index in [0.717, 1.165) is 10.0 Å². The van der Waals surface area contributed by atoms with E-state index in [1.807, 2.05) is 24.3 Å². The number of hydrogen-bond acceptors (Lipinski definition) is 2. The molecule has 2 aromatic rings. The number of ether oxygens (including phenoxy) is 1. The Balaban J connectivity index is 2.02. The summed E-state index contributed by atoms with van der Waals surface area (Å²) in [6.45, 7) is 0. The van der Waals surface area contributed by atoms with Crippen LogP contribution in [0.25, 0.3) is 6.08 Å². The van der Waals surface area contributed by atoms with Gasteiger partial charge >= 0.3 is 5.97 Å². The molecule has 0 N–H and O–H groups in total. The topological polar surface area (TPSA) is 26.3 Å². The number of para-hydroxylation sites is 1. The molecule has 0 bridgehead atoms. The molecule has 4 heteroatoms. The van der Waals surface area contributed by atoms with Crippen LogP contribution < -0.4 is 4.74 Å². The van der Waals surface area contributed by atoms with Crippen LogP contribution in [0.4, 0.5) is 0 Å². The molecule has 0 saturated heterocycles. The number of carbonyl (C=O) groups is 1. The summed E-state index contributed by atoms with van der Waals surface area (Å²) < 4.78 is 5.93. The molecule has 0 fully saturated rings. The lowest BCUT2D eigenvalue weighted by Crippen LogP contribution is -2.03. The van der Waals surface area contributed by atoms with Gasteiger partial charge in [0.25, 0.3) is 0 Å². The third-order valence-corrected chi connectivity index (χ3v) is 3.24. The number of esters is 1. The van der Waals surface area contributed by atoms with Crippen molar-refractivity contribution >= 4 is 39.6 Å². The van der Waals surface area contributed by atoms with Gasteiger partial charge in [-0.1, -0.05) is 35.9 Å². The lowest BCUT2D eigenvalue weighted by Gasteiger charge is -2.02. The molecule has 0 heterocycles. The van der Waals surface area contributed by atoms with Crippen molar-refractivity contribution in [3.63, 3.8) is 0 Å². The minimum atomic E-state index is -0.429. The fraction of sp³-hybridized carbons (Fsp3) is 0. The minimum Gasteiger partial charge on any atom is -0.422 e. The van der Waals surface area contributed by atoms with E-state index in [2.05, 4.69) is 15.9 Å². The molecule has 0 amide bonds. The molecule has 0 unspecified atom stereocenters. The second-order valence-corrected chi connectivity index (χ2v) is 5.03. The molecular weight excluding hydrogens is 328 g/mol. The third kappa shape index (κ3) is 4.23. The molecule has 0 aliphatic heterocycles. The quantitative estimate of drug-likeness (QED) is 0.460. The Morgan fingerprint density at radius 1 is 1.11 bits per heavy atom. The smallest absolute Gasteiger partial charge is 0.336 e. The molecule has 0 atom stereocenters. The molecule has 0 radical (unpaired) electrons. The van der Waals surface area contributed by atoms with Gasteiger partial charge in [0.15, 0.2) is 0 Å². The van der Waals surface area contributed by atoms with Crippen LogP contribution in [0.2, 0.25) is 5.02 Å². The van der Waals surface area contributed by atoms with Crippen LogP contribution in [0.5, 0.6) is 5.75 Å². The molecule has 2 rings (SSSR count). The van der Waals surface area contributed by atoms with Gasteiger partial charge in [-0.2, -0.15) is 0 Å². The summed E-state index contributed by atoms with van der Waals surface area (Å²) in [5.74, 6) is 0.0649. The first-order valence-corrected chi connectivity index (χ1v) is 6.72. The van der Waals surface area contributed by atoms with Gasteiger partial charge in [-0.15, -0.1) is 0 Å². The lowest BCUT2D eigenvalue weighted by atomic mass is 10.2. The molecule has 96 valence electrons. The van der Waals surface area contributed by atoms with Gasteiger partial charge in [0.1, 0.15) is 5.75 Å². The van der Waals surface area contributed by atoms with Crippen LogP contribution >= 0.6 is 27.5 Å². The summed E-state index contributed by atoms with van der Waals surface area (Å²) in [5, 5.41) is 0.660. The fourth-order valence-electron chi connectivity index (χ4n) is 1.41. The molecule has 2 aromatic carbocycles. The van der Waals surface area contributed by atoms with E-state index in [-0.39, 0.29) is 0 Å². The van der Waals surface area contributed by atoms with Crippen molar-refractivity contribution < 1.29 is 9.53 Å². The highest BCUT2D eigenvalue weighted by Crippen LogP contribution is 2.24. The predicted octanol–water partition coefficient (Wildman–Crippen LogP) is 4.72. The van der Waals surface area contributed by atoms with Crippen molar-refractivity contribution in [1.29, 1.82) is 0 Å². The molecule has 0 saturated carbocycles. The van der Waals surface area contributed by atoms with Crippen LogP contribution in [0, 0.1) is 0 Å². The maximum absolute atomic E-state index is 11.6. The lowest BCUT2D eigenvalue weighted by molar-refractivity contribution is -0.128. The maximum Gasteiger partial charge on any atom is 0.336 e. The van der Waals surface area contributed by atoms with E-state index in [1.165, 1.54) is 6.08 Å². The summed E-state index contributed by atoms with van der Waals surface area (Å²) in [6, 6.07) is 14.4. The SMILES string of the molecule is O=C(/C=C/c1ccc(Cl)cc1)Oc1ccccc1Br. The first kappa shape index (κ1) is 13.8. The van der Waals surface area contributed by atoms with E-state index in [0.29, 0.717) is 10.8 Å². The fourth-order valence-corrected chi connectivity index (χ4v) is 1.90. The summed E-state index contributed by atoms with van der Waals surface area (Å²) >= 11 is 9.09. The Bertz CT molecular complexity index is 606. The minimum absolute atomic E-state index is 0.429. The van der Waals surface area contributed by atoms with Crippen molar-refractivity contribution in [2.45, 2.75) is 0 Å². The average molecular weight is 338 g/mol. The Labute approximate surface area is 124 Å². The summed E-state index contributed by atoms with van der Waals surface area (Å²) in [5.41, 5.74) is 0.883. The van der Waals surface area contributed by atoms with Crippen LogP contribution in [0.1, 0.15) is 5.56 Å². The van der Waals surface area contributed by atoms with Gasteiger partial charge in [-0.25, -0.2) is 4.79 Å². The maximum atomic E-state index is 11.6. The third-order valence-electron chi connectivity index (χ3n) is 2.33. The highest BCUT2D eigenvalue weighted by Gasteiger charge is 2.03. The zero-order valence-corrected chi connectivity index (χ0v) is 12.2. The number of hydrogen-bond donors (Lipinski definition) is 0. The normalized spacial score (nSPS) is 10.6. The number of carbonyl (C=O) groups excluding carboxylic acids is 1. The summed E-state index contributed by atoms with van der Waals surface area (Å²) in [7, 11) is 0. The van der Waals surface area contributed by atoms with Crippen LogP contribution in [0.15, 0.2) is 59.1 Å².